The highest BCUT2D eigenvalue weighted by atomic mass is 32.1. The van der Waals surface area contributed by atoms with E-state index < -0.39 is 12.1 Å². The Bertz CT molecular complexity index is 629. The second-order valence-corrected chi connectivity index (χ2v) is 5.60. The molecule has 0 bridgehead atoms. The molecule has 0 unspecified atom stereocenters. The van der Waals surface area contributed by atoms with Crippen LogP contribution in [-0.4, -0.2) is 40.3 Å². The van der Waals surface area contributed by atoms with Crippen LogP contribution in [0.2, 0.25) is 0 Å². The fourth-order valence-corrected chi connectivity index (χ4v) is 2.88. The molecule has 1 fully saturated rings. The molecule has 0 aromatic carbocycles. The van der Waals surface area contributed by atoms with Crippen LogP contribution in [0.4, 0.5) is 10.2 Å². The van der Waals surface area contributed by atoms with Crippen molar-refractivity contribution < 1.29 is 14.3 Å². The molecule has 1 saturated heterocycles. The Balaban J connectivity index is 1.80. The van der Waals surface area contributed by atoms with Crippen molar-refractivity contribution in [2.45, 2.75) is 12.6 Å². The number of hydrogen-bond donors (Lipinski definition) is 1. The van der Waals surface area contributed by atoms with E-state index in [9.17, 15) is 9.18 Å². The van der Waals surface area contributed by atoms with Crippen LogP contribution in [0.3, 0.4) is 0 Å². The summed E-state index contributed by atoms with van der Waals surface area (Å²) in [4.78, 5) is 21.3. The molecule has 1 atom stereocenters. The van der Waals surface area contributed by atoms with Gasteiger partial charge in [0.15, 0.2) is 0 Å². The maximum Gasteiger partial charge on any atom is 0.347 e. The third kappa shape index (κ3) is 2.49. The van der Waals surface area contributed by atoms with E-state index in [0.717, 1.165) is 22.7 Å². The van der Waals surface area contributed by atoms with Crippen LogP contribution in [0.1, 0.15) is 16.1 Å². The lowest BCUT2D eigenvalue weighted by atomic mass is 10.3. The Labute approximate surface area is 118 Å². The number of nitrogens with zero attached hydrogens (tertiary/aromatic N) is 3. The van der Waals surface area contributed by atoms with E-state index in [1.165, 1.54) is 6.20 Å². The fourth-order valence-electron chi connectivity index (χ4n) is 2.13. The number of thiazole rings is 1. The number of carboxylic acid groups (broad SMARTS) is 1. The van der Waals surface area contributed by atoms with Crippen molar-refractivity contribution in [1.29, 1.82) is 0 Å². The van der Waals surface area contributed by atoms with Crippen LogP contribution in [-0.2, 0) is 0 Å². The summed E-state index contributed by atoms with van der Waals surface area (Å²) in [5, 5.41) is 9.49. The summed E-state index contributed by atoms with van der Waals surface area (Å²) >= 11 is 1.11. The summed E-state index contributed by atoms with van der Waals surface area (Å²) in [6, 6.07) is 3.65. The lowest BCUT2D eigenvalue weighted by Gasteiger charge is -2.15. The second kappa shape index (κ2) is 5.16. The van der Waals surface area contributed by atoms with Gasteiger partial charge in [-0.25, -0.2) is 19.2 Å². The third-order valence-electron chi connectivity index (χ3n) is 3.17. The first kappa shape index (κ1) is 13.0. The summed E-state index contributed by atoms with van der Waals surface area (Å²) in [7, 11) is 0. The van der Waals surface area contributed by atoms with Crippen LogP contribution in [0.25, 0.3) is 10.6 Å². The normalized spacial score (nSPS) is 18.4. The molecule has 0 aliphatic carbocycles. The Hall–Kier alpha value is -2.02. The number of aromatic nitrogens is 2. The molecule has 7 heteroatoms. The molecule has 1 aliphatic rings. The van der Waals surface area contributed by atoms with Crippen molar-refractivity contribution >= 4 is 23.1 Å². The van der Waals surface area contributed by atoms with E-state index in [-0.39, 0.29) is 4.88 Å². The van der Waals surface area contributed by atoms with Crippen LogP contribution in [0.15, 0.2) is 24.5 Å². The molecule has 104 valence electrons. The third-order valence-corrected chi connectivity index (χ3v) is 4.20. The van der Waals surface area contributed by atoms with Crippen LogP contribution in [0, 0.1) is 0 Å². The molecule has 2 aromatic rings. The minimum atomic E-state index is -0.982. The molecule has 5 nitrogen and oxygen atoms in total. The monoisotopic (exact) mass is 293 g/mol. The first-order valence-electron chi connectivity index (χ1n) is 6.18. The molecule has 1 aliphatic heterocycles. The van der Waals surface area contributed by atoms with Gasteiger partial charge >= 0.3 is 5.97 Å². The number of rotatable bonds is 3. The van der Waals surface area contributed by atoms with Gasteiger partial charge in [0.1, 0.15) is 21.9 Å². The van der Waals surface area contributed by atoms with Crippen LogP contribution >= 0.6 is 11.3 Å². The zero-order valence-electron chi connectivity index (χ0n) is 10.5. The lowest BCUT2D eigenvalue weighted by Crippen LogP contribution is -2.20. The fraction of sp³-hybridized carbons (Fsp3) is 0.308. The number of alkyl halides is 1. The average molecular weight is 293 g/mol. The van der Waals surface area contributed by atoms with E-state index in [4.69, 9.17) is 5.11 Å². The highest BCUT2D eigenvalue weighted by Gasteiger charge is 2.22. The highest BCUT2D eigenvalue weighted by molar-refractivity contribution is 7.16. The van der Waals surface area contributed by atoms with Gasteiger partial charge < -0.3 is 10.0 Å². The summed E-state index contributed by atoms with van der Waals surface area (Å²) in [6.45, 7) is 1.06. The van der Waals surface area contributed by atoms with E-state index >= 15 is 0 Å². The van der Waals surface area contributed by atoms with Crippen molar-refractivity contribution in [2.75, 3.05) is 18.0 Å². The second-order valence-electron chi connectivity index (χ2n) is 4.57. The summed E-state index contributed by atoms with van der Waals surface area (Å²) in [5.41, 5.74) is 0.766. The number of halogens is 1. The average Bonchev–Trinajstić information content (AvgIpc) is 3.08. The zero-order valence-corrected chi connectivity index (χ0v) is 11.3. The summed E-state index contributed by atoms with van der Waals surface area (Å²) in [6.07, 6.45) is 2.74. The van der Waals surface area contributed by atoms with E-state index in [1.807, 2.05) is 17.0 Å². The van der Waals surface area contributed by atoms with Gasteiger partial charge in [0.2, 0.25) is 0 Å². The predicted molar refractivity (Wildman–Crippen MR) is 74.0 cm³/mol. The molecule has 20 heavy (non-hydrogen) atoms. The van der Waals surface area contributed by atoms with E-state index in [0.29, 0.717) is 24.5 Å². The first-order valence-corrected chi connectivity index (χ1v) is 6.99. The van der Waals surface area contributed by atoms with Gasteiger partial charge in [0, 0.05) is 18.3 Å². The first-order chi connectivity index (χ1) is 9.63. The number of pyridine rings is 1. The number of carboxylic acids is 1. The van der Waals surface area contributed by atoms with Gasteiger partial charge in [-0.05, 0) is 18.6 Å². The lowest BCUT2D eigenvalue weighted by molar-refractivity contribution is 0.0702. The maximum absolute atomic E-state index is 13.1. The molecule has 0 radical (unpaired) electrons. The van der Waals surface area contributed by atoms with Gasteiger partial charge in [0.25, 0.3) is 0 Å². The van der Waals surface area contributed by atoms with Crippen LogP contribution in [0.5, 0.6) is 0 Å². The summed E-state index contributed by atoms with van der Waals surface area (Å²) < 4.78 is 13.1. The molecule has 0 saturated carbocycles. The number of hydrogen-bond acceptors (Lipinski definition) is 5. The Morgan fingerprint density at radius 3 is 2.80 bits per heavy atom. The Morgan fingerprint density at radius 2 is 2.25 bits per heavy atom. The molecular weight excluding hydrogens is 281 g/mol. The quantitative estimate of drug-likeness (QED) is 0.941. The molecule has 0 amide bonds. The van der Waals surface area contributed by atoms with Crippen LogP contribution < -0.4 is 4.90 Å². The molecular formula is C13H12FN3O2S. The molecule has 2 aromatic heterocycles. The van der Waals surface area contributed by atoms with Crippen molar-refractivity contribution in [2.24, 2.45) is 0 Å². The van der Waals surface area contributed by atoms with Gasteiger partial charge in [-0.1, -0.05) is 0 Å². The predicted octanol–water partition coefficient (Wildman–Crippen LogP) is 2.45. The molecule has 3 rings (SSSR count). The van der Waals surface area contributed by atoms with Gasteiger partial charge in [0.05, 0.1) is 12.7 Å². The SMILES string of the molecule is O=C(O)c1cnc(-c2ccc(N3CC[C@@H](F)C3)nc2)s1. The van der Waals surface area contributed by atoms with E-state index in [2.05, 4.69) is 9.97 Å². The van der Waals surface area contributed by atoms with Crippen molar-refractivity contribution in [1.82, 2.24) is 9.97 Å². The summed E-state index contributed by atoms with van der Waals surface area (Å²) in [5.74, 6) is -0.242. The van der Waals surface area contributed by atoms with Crippen molar-refractivity contribution in [3.8, 4) is 10.6 Å². The molecule has 1 N–H and O–H groups in total. The van der Waals surface area contributed by atoms with Gasteiger partial charge in [-0.15, -0.1) is 11.3 Å². The van der Waals surface area contributed by atoms with Gasteiger partial charge in [-0.3, -0.25) is 0 Å². The topological polar surface area (TPSA) is 66.3 Å². The Kier molecular flexibility index (Phi) is 3.35. The number of aromatic carboxylic acids is 1. The minimum Gasteiger partial charge on any atom is -0.477 e. The largest absolute Gasteiger partial charge is 0.477 e. The minimum absolute atomic E-state index is 0.198. The van der Waals surface area contributed by atoms with Crippen molar-refractivity contribution in [3.63, 3.8) is 0 Å². The number of anilines is 1. The maximum atomic E-state index is 13.1. The van der Waals surface area contributed by atoms with Crippen molar-refractivity contribution in [3.05, 3.63) is 29.4 Å². The highest BCUT2D eigenvalue weighted by Crippen LogP contribution is 2.27. The molecule has 3 heterocycles. The van der Waals surface area contributed by atoms with Gasteiger partial charge in [-0.2, -0.15) is 0 Å². The standard InChI is InChI=1S/C13H12FN3O2S/c14-9-3-4-17(7-9)11-2-1-8(5-15-11)12-16-6-10(20-12)13(18)19/h1-2,5-6,9H,3-4,7H2,(H,18,19)/t9-/m1/s1. The smallest absolute Gasteiger partial charge is 0.347 e. The molecule has 0 spiro atoms. The number of carbonyl (C=O) groups is 1. The van der Waals surface area contributed by atoms with E-state index in [1.54, 1.807) is 6.20 Å². The zero-order chi connectivity index (χ0) is 14.1. The Morgan fingerprint density at radius 1 is 1.40 bits per heavy atom.